The molecule has 5 nitrogen and oxygen atoms in total. The quantitative estimate of drug-likeness (QED) is 0.751. The minimum absolute atomic E-state index is 0.250. The molecule has 0 saturated heterocycles. The van der Waals surface area contributed by atoms with Gasteiger partial charge in [0.2, 0.25) is 0 Å². The van der Waals surface area contributed by atoms with Crippen LogP contribution in [0.25, 0.3) is 22.3 Å². The molecule has 0 radical (unpaired) electrons. The average Bonchev–Trinajstić information content (AvgIpc) is 2.56. The van der Waals surface area contributed by atoms with Gasteiger partial charge in [0.1, 0.15) is 5.82 Å². The maximum absolute atomic E-state index is 10.9. The molecule has 0 bridgehead atoms. The highest BCUT2D eigenvalue weighted by atomic mass is 32.2. The molecule has 0 aliphatic carbocycles. The third kappa shape index (κ3) is 2.88. The summed E-state index contributed by atoms with van der Waals surface area (Å²) in [6.07, 6.45) is 5.08. The first kappa shape index (κ1) is 14.4. The van der Waals surface area contributed by atoms with Crippen molar-refractivity contribution in [1.82, 2.24) is 9.97 Å². The van der Waals surface area contributed by atoms with Crippen LogP contribution < -0.4 is 5.73 Å². The Morgan fingerprint density at radius 3 is 2.41 bits per heavy atom. The minimum Gasteiger partial charge on any atom is -0.768 e. The van der Waals surface area contributed by atoms with Crippen molar-refractivity contribution in [2.75, 3.05) is 5.73 Å². The predicted molar refractivity (Wildman–Crippen MR) is 84.5 cm³/mol. The van der Waals surface area contributed by atoms with Crippen molar-refractivity contribution in [3.8, 4) is 22.3 Å². The number of benzene rings is 1. The topological polar surface area (TPSA) is 91.9 Å². The summed E-state index contributed by atoms with van der Waals surface area (Å²) in [6.45, 7) is 0. The maximum atomic E-state index is 10.9. The van der Waals surface area contributed by atoms with E-state index in [9.17, 15) is 8.76 Å². The van der Waals surface area contributed by atoms with E-state index in [1.54, 1.807) is 42.9 Å². The summed E-state index contributed by atoms with van der Waals surface area (Å²) in [7, 11) is 0. The number of nitrogens with two attached hydrogens (primary N) is 1. The summed E-state index contributed by atoms with van der Waals surface area (Å²) in [5, 5.41) is 0. The first-order valence-electron chi connectivity index (χ1n) is 6.51. The second-order valence-electron chi connectivity index (χ2n) is 4.66. The number of hydrogen-bond acceptors (Lipinski definition) is 5. The van der Waals surface area contributed by atoms with Crippen molar-refractivity contribution in [1.29, 1.82) is 0 Å². The zero-order valence-corrected chi connectivity index (χ0v) is 12.3. The molecule has 3 rings (SSSR count). The number of pyridine rings is 2. The van der Waals surface area contributed by atoms with Crippen LogP contribution in [0.5, 0.6) is 0 Å². The van der Waals surface area contributed by atoms with Crippen LogP contribution >= 0.6 is 0 Å². The molecule has 3 aromatic rings. The fraction of sp³-hybridized carbons (Fsp3) is 0. The number of nitrogen functional groups attached to an aromatic ring is 1. The van der Waals surface area contributed by atoms with E-state index in [4.69, 9.17) is 5.73 Å². The molecule has 110 valence electrons. The van der Waals surface area contributed by atoms with Crippen molar-refractivity contribution < 1.29 is 8.76 Å². The molecule has 22 heavy (non-hydrogen) atoms. The molecule has 2 aromatic heterocycles. The average molecular weight is 310 g/mol. The molecule has 0 fully saturated rings. The lowest BCUT2D eigenvalue weighted by Crippen LogP contribution is -1.95. The summed E-state index contributed by atoms with van der Waals surface area (Å²) in [6, 6.07) is 12.3. The fourth-order valence-corrected chi connectivity index (χ4v) is 2.50. The Bertz CT molecular complexity index is 821. The van der Waals surface area contributed by atoms with Crippen LogP contribution in [0.4, 0.5) is 5.82 Å². The van der Waals surface area contributed by atoms with E-state index in [1.165, 1.54) is 0 Å². The second-order valence-corrected chi connectivity index (χ2v) is 5.60. The van der Waals surface area contributed by atoms with Crippen LogP contribution in [0.2, 0.25) is 0 Å². The van der Waals surface area contributed by atoms with Gasteiger partial charge >= 0.3 is 0 Å². The molecular weight excluding hydrogens is 298 g/mol. The fourth-order valence-electron chi connectivity index (χ4n) is 2.15. The monoisotopic (exact) mass is 310 g/mol. The van der Waals surface area contributed by atoms with E-state index >= 15 is 0 Å². The van der Waals surface area contributed by atoms with Crippen LogP contribution in [0.1, 0.15) is 0 Å². The molecule has 0 amide bonds. The van der Waals surface area contributed by atoms with Crippen molar-refractivity contribution in [3.63, 3.8) is 0 Å². The highest BCUT2D eigenvalue weighted by Crippen LogP contribution is 2.29. The SMILES string of the molecule is Nc1ncc(-c2ccc(S(=O)[O-])cc2)cc1-c1cccnc1. The largest absolute Gasteiger partial charge is 0.768 e. The Balaban J connectivity index is 2.04. The summed E-state index contributed by atoms with van der Waals surface area (Å²) in [4.78, 5) is 8.55. The van der Waals surface area contributed by atoms with Crippen LogP contribution in [-0.2, 0) is 11.1 Å². The summed E-state index contributed by atoms with van der Waals surface area (Å²) >= 11 is -2.23. The second kappa shape index (κ2) is 6.05. The summed E-state index contributed by atoms with van der Waals surface area (Å²) < 4.78 is 21.8. The van der Waals surface area contributed by atoms with E-state index in [-0.39, 0.29) is 4.90 Å². The van der Waals surface area contributed by atoms with Gasteiger partial charge in [-0.25, -0.2) is 4.98 Å². The zero-order valence-electron chi connectivity index (χ0n) is 11.5. The Morgan fingerprint density at radius 1 is 1.00 bits per heavy atom. The molecule has 1 atom stereocenters. The van der Waals surface area contributed by atoms with Gasteiger partial charge in [-0.1, -0.05) is 18.2 Å². The standard InChI is InChI=1S/C16H13N3O2S/c17-16-15(12-2-1-7-18-9-12)8-13(10-19-16)11-3-5-14(6-4-11)22(20)21/h1-10H,(H2,17,19)(H,20,21)/p-1. The predicted octanol–water partition coefficient (Wildman–Crippen LogP) is 2.63. The van der Waals surface area contributed by atoms with Crippen molar-refractivity contribution >= 4 is 16.9 Å². The van der Waals surface area contributed by atoms with Gasteiger partial charge in [-0.15, -0.1) is 0 Å². The van der Waals surface area contributed by atoms with Crippen LogP contribution in [0.15, 0.2) is 66.0 Å². The molecule has 0 aliphatic heterocycles. The van der Waals surface area contributed by atoms with Crippen LogP contribution in [0.3, 0.4) is 0 Å². The molecule has 0 spiro atoms. The van der Waals surface area contributed by atoms with Crippen molar-refractivity contribution in [2.45, 2.75) is 4.90 Å². The first-order chi connectivity index (χ1) is 10.6. The van der Waals surface area contributed by atoms with Gasteiger partial charge in [-0.2, -0.15) is 0 Å². The number of aromatic nitrogens is 2. The minimum atomic E-state index is -2.23. The summed E-state index contributed by atoms with van der Waals surface area (Å²) in [5.74, 6) is 0.425. The third-order valence-corrected chi connectivity index (χ3v) is 3.93. The van der Waals surface area contributed by atoms with Gasteiger partial charge in [0.05, 0.1) is 0 Å². The Labute approximate surface area is 130 Å². The van der Waals surface area contributed by atoms with Gasteiger partial charge in [-0.05, 0) is 40.9 Å². The zero-order chi connectivity index (χ0) is 15.5. The molecule has 0 aliphatic rings. The van der Waals surface area contributed by atoms with E-state index < -0.39 is 11.1 Å². The molecule has 1 unspecified atom stereocenters. The smallest absolute Gasteiger partial charge is 0.131 e. The van der Waals surface area contributed by atoms with Gasteiger partial charge in [0, 0.05) is 40.2 Å². The van der Waals surface area contributed by atoms with E-state index in [1.807, 2.05) is 18.2 Å². The highest BCUT2D eigenvalue weighted by molar-refractivity contribution is 7.79. The molecule has 1 aromatic carbocycles. The number of hydrogen-bond donors (Lipinski definition) is 1. The molecule has 0 saturated carbocycles. The Morgan fingerprint density at radius 2 is 1.77 bits per heavy atom. The van der Waals surface area contributed by atoms with Crippen molar-refractivity contribution in [2.24, 2.45) is 0 Å². The van der Waals surface area contributed by atoms with Gasteiger partial charge in [-0.3, -0.25) is 9.19 Å². The molecule has 6 heteroatoms. The number of nitrogens with zero attached hydrogens (tertiary/aromatic N) is 2. The Kier molecular flexibility index (Phi) is 3.95. The van der Waals surface area contributed by atoms with Crippen LogP contribution in [0, 0.1) is 0 Å². The summed E-state index contributed by atoms with van der Waals surface area (Å²) in [5.41, 5.74) is 9.34. The Hall–Kier alpha value is -2.57. The lowest BCUT2D eigenvalue weighted by molar-refractivity contribution is 0.537. The highest BCUT2D eigenvalue weighted by Gasteiger charge is 2.07. The normalized spacial score (nSPS) is 12.0. The lowest BCUT2D eigenvalue weighted by atomic mass is 10.0. The molecule has 2 N–H and O–H groups in total. The van der Waals surface area contributed by atoms with Gasteiger partial charge < -0.3 is 10.3 Å². The maximum Gasteiger partial charge on any atom is 0.131 e. The van der Waals surface area contributed by atoms with E-state index in [0.717, 1.165) is 22.3 Å². The number of rotatable bonds is 3. The third-order valence-electron chi connectivity index (χ3n) is 3.27. The van der Waals surface area contributed by atoms with Gasteiger partial charge in [0.25, 0.3) is 0 Å². The lowest BCUT2D eigenvalue weighted by Gasteiger charge is -2.09. The first-order valence-corrected chi connectivity index (χ1v) is 7.58. The molecule has 2 heterocycles. The van der Waals surface area contributed by atoms with Gasteiger partial charge in [0.15, 0.2) is 0 Å². The van der Waals surface area contributed by atoms with E-state index in [2.05, 4.69) is 9.97 Å². The van der Waals surface area contributed by atoms with Crippen LogP contribution in [-0.4, -0.2) is 18.7 Å². The number of anilines is 1. The van der Waals surface area contributed by atoms with E-state index in [0.29, 0.717) is 5.82 Å². The molecular formula is C16H12N3O2S-. The van der Waals surface area contributed by atoms with Crippen molar-refractivity contribution in [3.05, 3.63) is 61.1 Å².